The first kappa shape index (κ1) is 15.9. The van der Waals surface area contributed by atoms with Gasteiger partial charge in [0.25, 0.3) is 0 Å². The number of alkyl halides is 3. The van der Waals surface area contributed by atoms with Gasteiger partial charge >= 0.3 is 6.18 Å². The molecule has 0 saturated carbocycles. The monoisotopic (exact) mass is 299 g/mol. The van der Waals surface area contributed by atoms with E-state index >= 15 is 0 Å². The predicted octanol–water partition coefficient (Wildman–Crippen LogP) is 5.12. The molecule has 1 aromatic heterocycles. The number of aryl methyl sites for hydroxylation is 1. The normalized spacial score (nSPS) is 13.8. The number of hydrogen-bond donors (Lipinski definition) is 1. The molecule has 0 radical (unpaired) electrons. The van der Waals surface area contributed by atoms with Gasteiger partial charge in [-0.05, 0) is 44.5 Å². The van der Waals surface area contributed by atoms with Crippen LogP contribution in [0.5, 0.6) is 0 Å². The second-order valence-corrected chi connectivity index (χ2v) is 5.31. The van der Waals surface area contributed by atoms with E-state index in [9.17, 15) is 13.2 Å². The summed E-state index contributed by atoms with van der Waals surface area (Å²) >= 11 is 0. The van der Waals surface area contributed by atoms with E-state index in [4.69, 9.17) is 4.42 Å². The van der Waals surface area contributed by atoms with Crippen molar-refractivity contribution < 1.29 is 17.6 Å². The summed E-state index contributed by atoms with van der Waals surface area (Å²) in [5.41, 5.74) is 1.90. The van der Waals surface area contributed by atoms with E-state index in [-0.39, 0.29) is 12.5 Å². The van der Waals surface area contributed by atoms with Gasteiger partial charge < -0.3 is 9.73 Å². The zero-order valence-electron chi connectivity index (χ0n) is 12.3. The maximum atomic E-state index is 12.3. The Kier molecular flexibility index (Phi) is 4.93. The lowest BCUT2D eigenvalue weighted by atomic mass is 10.1. The molecule has 2 rings (SSSR count). The first-order valence-electron chi connectivity index (χ1n) is 7.19. The molecule has 0 aliphatic rings. The summed E-state index contributed by atoms with van der Waals surface area (Å²) < 4.78 is 42.6. The Labute approximate surface area is 122 Å². The molecule has 0 aliphatic carbocycles. The summed E-state index contributed by atoms with van der Waals surface area (Å²) in [5, 5.41) is 4.19. The Bertz CT molecular complexity index is 589. The molecule has 1 unspecified atom stereocenters. The van der Waals surface area contributed by atoms with E-state index < -0.39 is 12.6 Å². The number of rotatable bonds is 6. The highest BCUT2D eigenvalue weighted by molar-refractivity contribution is 5.78. The van der Waals surface area contributed by atoms with Crippen LogP contribution in [-0.4, -0.2) is 12.7 Å². The third-order valence-electron chi connectivity index (χ3n) is 3.44. The fourth-order valence-corrected chi connectivity index (χ4v) is 2.45. The molecule has 1 N–H and O–H groups in total. The van der Waals surface area contributed by atoms with Gasteiger partial charge in [0.1, 0.15) is 11.3 Å². The minimum Gasteiger partial charge on any atom is -0.459 e. The smallest absolute Gasteiger partial charge is 0.389 e. The largest absolute Gasteiger partial charge is 0.459 e. The van der Waals surface area contributed by atoms with Gasteiger partial charge in [0, 0.05) is 11.8 Å². The lowest BCUT2D eigenvalue weighted by Gasteiger charge is -2.15. The number of halogens is 3. The van der Waals surface area contributed by atoms with Crippen LogP contribution in [0.1, 0.15) is 43.6 Å². The first-order chi connectivity index (χ1) is 9.89. The third kappa shape index (κ3) is 4.49. The standard InChI is InChI=1S/C16H20F3NO/c1-3-20-13(5-4-8-16(17,18)19)15-10-12-9-11(2)6-7-14(12)21-15/h6-7,9-10,13,20H,3-5,8H2,1-2H3. The highest BCUT2D eigenvalue weighted by Gasteiger charge is 2.27. The zero-order valence-corrected chi connectivity index (χ0v) is 12.3. The molecule has 1 aromatic carbocycles. The van der Waals surface area contributed by atoms with Crippen LogP contribution in [0.4, 0.5) is 13.2 Å². The summed E-state index contributed by atoms with van der Waals surface area (Å²) in [4.78, 5) is 0. The van der Waals surface area contributed by atoms with Gasteiger partial charge in [0.2, 0.25) is 0 Å². The summed E-state index contributed by atoms with van der Waals surface area (Å²) in [6.07, 6.45) is -4.35. The van der Waals surface area contributed by atoms with Crippen molar-refractivity contribution in [1.82, 2.24) is 5.32 Å². The van der Waals surface area contributed by atoms with Crippen molar-refractivity contribution in [1.29, 1.82) is 0 Å². The number of furan rings is 1. The maximum Gasteiger partial charge on any atom is 0.389 e. The fourth-order valence-electron chi connectivity index (χ4n) is 2.45. The molecule has 116 valence electrons. The SMILES string of the molecule is CCNC(CCCC(F)(F)F)c1cc2cc(C)ccc2o1. The summed E-state index contributed by atoms with van der Waals surface area (Å²) in [6.45, 7) is 4.62. The average Bonchev–Trinajstić information content (AvgIpc) is 2.79. The van der Waals surface area contributed by atoms with Crippen LogP contribution in [0.15, 0.2) is 28.7 Å². The van der Waals surface area contributed by atoms with Gasteiger partial charge in [-0.3, -0.25) is 0 Å². The molecule has 2 aromatic rings. The molecule has 0 aliphatic heterocycles. The number of benzene rings is 1. The van der Waals surface area contributed by atoms with Crippen LogP contribution in [-0.2, 0) is 0 Å². The zero-order chi connectivity index (χ0) is 15.5. The van der Waals surface area contributed by atoms with Crippen LogP contribution >= 0.6 is 0 Å². The van der Waals surface area contributed by atoms with E-state index in [1.165, 1.54) is 0 Å². The van der Waals surface area contributed by atoms with E-state index in [1.54, 1.807) is 0 Å². The van der Waals surface area contributed by atoms with Crippen molar-refractivity contribution in [3.63, 3.8) is 0 Å². The van der Waals surface area contributed by atoms with Crippen molar-refractivity contribution in [2.45, 2.75) is 45.3 Å². The number of nitrogens with one attached hydrogen (secondary N) is 1. The topological polar surface area (TPSA) is 25.2 Å². The molecule has 0 amide bonds. The summed E-state index contributed by atoms with van der Waals surface area (Å²) in [6, 6.07) is 7.61. The second kappa shape index (κ2) is 6.52. The van der Waals surface area contributed by atoms with Crippen LogP contribution in [0.2, 0.25) is 0 Å². The Morgan fingerprint density at radius 3 is 2.67 bits per heavy atom. The van der Waals surface area contributed by atoms with Gasteiger partial charge in [-0.1, -0.05) is 18.6 Å². The Balaban J connectivity index is 2.11. The predicted molar refractivity (Wildman–Crippen MR) is 77.3 cm³/mol. The van der Waals surface area contributed by atoms with Gasteiger partial charge in [-0.25, -0.2) is 0 Å². The summed E-state index contributed by atoms with van der Waals surface area (Å²) in [5.74, 6) is 0.708. The van der Waals surface area contributed by atoms with Crippen LogP contribution < -0.4 is 5.32 Å². The third-order valence-corrected chi connectivity index (χ3v) is 3.44. The highest BCUT2D eigenvalue weighted by Crippen LogP contribution is 2.30. The summed E-state index contributed by atoms with van der Waals surface area (Å²) in [7, 11) is 0. The van der Waals surface area contributed by atoms with Crippen LogP contribution in [0, 0.1) is 6.92 Å². The van der Waals surface area contributed by atoms with Crippen molar-refractivity contribution >= 4 is 11.0 Å². The highest BCUT2D eigenvalue weighted by atomic mass is 19.4. The lowest BCUT2D eigenvalue weighted by molar-refractivity contribution is -0.135. The van der Waals surface area contributed by atoms with Crippen LogP contribution in [0.3, 0.4) is 0 Å². The van der Waals surface area contributed by atoms with Gasteiger partial charge in [0.15, 0.2) is 0 Å². The second-order valence-electron chi connectivity index (χ2n) is 5.31. The first-order valence-corrected chi connectivity index (χ1v) is 7.19. The molecular formula is C16H20F3NO. The number of hydrogen-bond acceptors (Lipinski definition) is 2. The van der Waals surface area contributed by atoms with Crippen molar-refractivity contribution in [3.05, 3.63) is 35.6 Å². The van der Waals surface area contributed by atoms with Crippen molar-refractivity contribution in [2.75, 3.05) is 6.54 Å². The Morgan fingerprint density at radius 1 is 1.24 bits per heavy atom. The van der Waals surface area contributed by atoms with Crippen LogP contribution in [0.25, 0.3) is 11.0 Å². The molecule has 1 atom stereocenters. The molecule has 0 spiro atoms. The average molecular weight is 299 g/mol. The number of fused-ring (bicyclic) bond motifs is 1. The molecule has 2 nitrogen and oxygen atoms in total. The van der Waals surface area contributed by atoms with Gasteiger partial charge in [0.05, 0.1) is 6.04 Å². The molecule has 0 saturated heterocycles. The maximum absolute atomic E-state index is 12.3. The van der Waals surface area contributed by atoms with Gasteiger partial charge in [-0.2, -0.15) is 13.2 Å². The molecule has 0 fully saturated rings. The van der Waals surface area contributed by atoms with Crippen molar-refractivity contribution in [3.8, 4) is 0 Å². The molecule has 21 heavy (non-hydrogen) atoms. The fraction of sp³-hybridized carbons (Fsp3) is 0.500. The quantitative estimate of drug-likeness (QED) is 0.800. The van der Waals surface area contributed by atoms with E-state index in [2.05, 4.69) is 5.32 Å². The molecule has 1 heterocycles. The minimum atomic E-state index is -4.10. The Morgan fingerprint density at radius 2 is 2.00 bits per heavy atom. The van der Waals surface area contributed by atoms with Gasteiger partial charge in [-0.15, -0.1) is 0 Å². The van der Waals surface area contributed by atoms with Crippen molar-refractivity contribution in [2.24, 2.45) is 0 Å². The lowest BCUT2D eigenvalue weighted by Crippen LogP contribution is -2.21. The van der Waals surface area contributed by atoms with E-state index in [0.717, 1.165) is 16.5 Å². The molecule has 0 bridgehead atoms. The minimum absolute atomic E-state index is 0.0945. The molecule has 5 heteroatoms. The Hall–Kier alpha value is -1.49. The molecular weight excluding hydrogens is 279 g/mol. The van der Waals surface area contributed by atoms with E-state index in [1.807, 2.05) is 38.1 Å². The van der Waals surface area contributed by atoms with E-state index in [0.29, 0.717) is 18.7 Å².